The van der Waals surface area contributed by atoms with E-state index >= 15 is 0 Å². The van der Waals surface area contributed by atoms with E-state index in [1.54, 1.807) is 6.07 Å². The lowest BCUT2D eigenvalue weighted by Gasteiger charge is -2.05. The fraction of sp³-hybridized carbons (Fsp3) is 0.125. The number of benzene rings is 1. The monoisotopic (exact) mass is 243 g/mol. The van der Waals surface area contributed by atoms with Gasteiger partial charge in [-0.2, -0.15) is 0 Å². The summed E-state index contributed by atoms with van der Waals surface area (Å²) < 4.78 is 0.947. The second-order valence-corrected chi connectivity index (χ2v) is 3.42. The summed E-state index contributed by atoms with van der Waals surface area (Å²) in [5.41, 5.74) is 3.79. The highest BCUT2D eigenvalue weighted by molar-refractivity contribution is 9.10. The Morgan fingerprint density at radius 1 is 1.54 bits per heavy atom. The summed E-state index contributed by atoms with van der Waals surface area (Å²) in [7, 11) is 0. The topological polar surface area (TPSA) is 67.2 Å². The van der Waals surface area contributed by atoms with Gasteiger partial charge in [-0.3, -0.25) is 5.43 Å². The van der Waals surface area contributed by atoms with Gasteiger partial charge < -0.3 is 5.32 Å². The molecular formula is C8H10BrN3O. The van der Waals surface area contributed by atoms with Crippen molar-refractivity contribution in [3.63, 3.8) is 0 Å². The molecule has 1 aromatic rings. The van der Waals surface area contributed by atoms with Crippen molar-refractivity contribution in [1.82, 2.24) is 5.43 Å². The highest BCUT2D eigenvalue weighted by Gasteiger charge is 2.00. The molecule has 70 valence electrons. The maximum Gasteiger partial charge on any atom is 0.333 e. The number of amides is 2. The molecule has 0 bridgehead atoms. The van der Waals surface area contributed by atoms with Gasteiger partial charge in [0.15, 0.2) is 0 Å². The van der Waals surface area contributed by atoms with E-state index in [4.69, 9.17) is 5.84 Å². The SMILES string of the molecule is Cc1ccc(NC(=O)NN)cc1Br. The van der Waals surface area contributed by atoms with E-state index in [1.807, 2.05) is 24.5 Å². The van der Waals surface area contributed by atoms with Crippen LogP contribution in [0.4, 0.5) is 10.5 Å². The van der Waals surface area contributed by atoms with Crippen LogP contribution in [-0.4, -0.2) is 6.03 Å². The van der Waals surface area contributed by atoms with Crippen LogP contribution in [0.5, 0.6) is 0 Å². The number of carbonyl (C=O) groups excluding carboxylic acids is 1. The number of rotatable bonds is 1. The Labute approximate surface area is 84.6 Å². The van der Waals surface area contributed by atoms with Gasteiger partial charge in [0.1, 0.15) is 0 Å². The quantitative estimate of drug-likeness (QED) is 0.400. The molecular weight excluding hydrogens is 234 g/mol. The van der Waals surface area contributed by atoms with E-state index in [0.29, 0.717) is 5.69 Å². The van der Waals surface area contributed by atoms with E-state index in [-0.39, 0.29) is 0 Å². The van der Waals surface area contributed by atoms with Crippen molar-refractivity contribution in [2.75, 3.05) is 5.32 Å². The number of nitrogens with two attached hydrogens (primary N) is 1. The first-order chi connectivity index (χ1) is 6.13. The molecule has 0 radical (unpaired) electrons. The van der Waals surface area contributed by atoms with Gasteiger partial charge in [-0.05, 0) is 24.6 Å². The Bertz CT molecular complexity index is 327. The predicted molar refractivity (Wildman–Crippen MR) is 55.2 cm³/mol. The van der Waals surface area contributed by atoms with Crippen molar-refractivity contribution in [3.05, 3.63) is 28.2 Å². The van der Waals surface area contributed by atoms with Crippen LogP contribution in [0.1, 0.15) is 5.56 Å². The van der Waals surface area contributed by atoms with E-state index in [2.05, 4.69) is 21.2 Å². The number of halogens is 1. The smallest absolute Gasteiger partial charge is 0.307 e. The lowest BCUT2D eigenvalue weighted by atomic mass is 10.2. The van der Waals surface area contributed by atoms with E-state index in [9.17, 15) is 4.79 Å². The molecule has 0 heterocycles. The molecule has 0 aliphatic heterocycles. The number of urea groups is 1. The Kier molecular flexibility index (Phi) is 3.27. The highest BCUT2D eigenvalue weighted by Crippen LogP contribution is 2.20. The first kappa shape index (κ1) is 10.0. The summed E-state index contributed by atoms with van der Waals surface area (Å²) in [4.78, 5) is 10.8. The molecule has 0 fully saturated rings. The van der Waals surface area contributed by atoms with Crippen LogP contribution in [0.15, 0.2) is 22.7 Å². The largest absolute Gasteiger partial charge is 0.333 e. The van der Waals surface area contributed by atoms with Gasteiger partial charge >= 0.3 is 6.03 Å². The average Bonchev–Trinajstić information content (AvgIpc) is 2.11. The molecule has 1 aromatic carbocycles. The van der Waals surface area contributed by atoms with Crippen molar-refractivity contribution < 1.29 is 4.79 Å². The van der Waals surface area contributed by atoms with Crippen molar-refractivity contribution in [3.8, 4) is 0 Å². The second kappa shape index (κ2) is 4.25. The number of carbonyl (C=O) groups is 1. The number of hydrogen-bond acceptors (Lipinski definition) is 2. The molecule has 0 atom stereocenters. The number of hydrogen-bond donors (Lipinski definition) is 3. The summed E-state index contributed by atoms with van der Waals surface area (Å²) in [6, 6.07) is 5.08. The van der Waals surface area contributed by atoms with Crippen LogP contribution in [-0.2, 0) is 0 Å². The molecule has 4 N–H and O–H groups in total. The summed E-state index contributed by atoms with van der Waals surface area (Å²) in [5, 5.41) is 2.55. The van der Waals surface area contributed by atoms with Crippen molar-refractivity contribution >= 4 is 27.6 Å². The van der Waals surface area contributed by atoms with Gasteiger partial charge in [0.05, 0.1) is 0 Å². The third-order valence-corrected chi connectivity index (χ3v) is 2.42. The molecule has 5 heteroatoms. The molecule has 0 aliphatic rings. The normalized spacial score (nSPS) is 9.46. The third kappa shape index (κ3) is 2.71. The fourth-order valence-electron chi connectivity index (χ4n) is 0.838. The molecule has 0 unspecified atom stereocenters. The van der Waals surface area contributed by atoms with Gasteiger partial charge in [-0.15, -0.1) is 0 Å². The number of nitrogens with one attached hydrogen (secondary N) is 2. The third-order valence-electron chi connectivity index (χ3n) is 1.56. The van der Waals surface area contributed by atoms with Gasteiger partial charge in [0, 0.05) is 10.2 Å². The van der Waals surface area contributed by atoms with E-state index in [0.717, 1.165) is 10.0 Å². The summed E-state index contributed by atoms with van der Waals surface area (Å²) in [5.74, 6) is 4.91. The maximum atomic E-state index is 10.8. The zero-order valence-electron chi connectivity index (χ0n) is 7.10. The summed E-state index contributed by atoms with van der Waals surface area (Å²) in [6.45, 7) is 1.97. The minimum absolute atomic E-state index is 0.434. The molecule has 4 nitrogen and oxygen atoms in total. The zero-order valence-corrected chi connectivity index (χ0v) is 8.68. The fourth-order valence-corrected chi connectivity index (χ4v) is 1.22. The Morgan fingerprint density at radius 2 is 2.23 bits per heavy atom. The molecule has 0 aliphatic carbocycles. The first-order valence-electron chi connectivity index (χ1n) is 3.67. The molecule has 0 saturated carbocycles. The number of hydrazine groups is 1. The molecule has 0 aromatic heterocycles. The standard InChI is InChI=1S/C8H10BrN3O/c1-5-2-3-6(4-7(5)9)11-8(13)12-10/h2-4H,10H2,1H3,(H2,11,12,13). The minimum Gasteiger partial charge on any atom is -0.307 e. The van der Waals surface area contributed by atoms with Crippen LogP contribution in [0.2, 0.25) is 0 Å². The van der Waals surface area contributed by atoms with Crippen molar-refractivity contribution in [1.29, 1.82) is 0 Å². The van der Waals surface area contributed by atoms with Crippen molar-refractivity contribution in [2.45, 2.75) is 6.92 Å². The van der Waals surface area contributed by atoms with Gasteiger partial charge in [0.2, 0.25) is 0 Å². The number of anilines is 1. The molecule has 1 rings (SSSR count). The van der Waals surface area contributed by atoms with Crippen LogP contribution in [0, 0.1) is 6.92 Å². The molecule has 0 spiro atoms. The zero-order chi connectivity index (χ0) is 9.84. The molecule has 13 heavy (non-hydrogen) atoms. The van der Waals surface area contributed by atoms with E-state index < -0.39 is 6.03 Å². The van der Waals surface area contributed by atoms with Crippen LogP contribution in [0.25, 0.3) is 0 Å². The van der Waals surface area contributed by atoms with Crippen LogP contribution < -0.4 is 16.6 Å². The molecule has 2 amide bonds. The highest BCUT2D eigenvalue weighted by atomic mass is 79.9. The van der Waals surface area contributed by atoms with Crippen LogP contribution in [0.3, 0.4) is 0 Å². The Balaban J connectivity index is 2.79. The lowest BCUT2D eigenvalue weighted by molar-refractivity contribution is 0.252. The Hall–Kier alpha value is -1.07. The van der Waals surface area contributed by atoms with Gasteiger partial charge in [0.25, 0.3) is 0 Å². The first-order valence-corrected chi connectivity index (χ1v) is 4.46. The van der Waals surface area contributed by atoms with Crippen LogP contribution >= 0.6 is 15.9 Å². The number of aryl methyl sites for hydroxylation is 1. The second-order valence-electron chi connectivity index (χ2n) is 2.56. The maximum absolute atomic E-state index is 10.8. The molecule has 0 saturated heterocycles. The van der Waals surface area contributed by atoms with Gasteiger partial charge in [-0.1, -0.05) is 22.0 Å². The summed E-state index contributed by atoms with van der Waals surface area (Å²) in [6.07, 6.45) is 0. The van der Waals surface area contributed by atoms with Gasteiger partial charge in [-0.25, -0.2) is 10.6 Å². The lowest BCUT2D eigenvalue weighted by Crippen LogP contribution is -2.34. The van der Waals surface area contributed by atoms with E-state index in [1.165, 1.54) is 0 Å². The van der Waals surface area contributed by atoms with Crippen molar-refractivity contribution in [2.24, 2.45) is 5.84 Å². The summed E-state index contributed by atoms with van der Waals surface area (Å²) >= 11 is 3.35. The average molecular weight is 244 g/mol. The Morgan fingerprint density at radius 3 is 2.77 bits per heavy atom. The predicted octanol–water partition coefficient (Wildman–Crippen LogP) is 1.75. The minimum atomic E-state index is -0.434.